The maximum atomic E-state index is 13.6. The quantitative estimate of drug-likeness (QED) is 0.450. The zero-order chi connectivity index (χ0) is 23.6. The summed E-state index contributed by atoms with van der Waals surface area (Å²) in [7, 11) is 0. The average Bonchev–Trinajstić information content (AvgIpc) is 3.12. The molecule has 0 atom stereocenters. The van der Waals surface area contributed by atoms with E-state index < -0.39 is 0 Å². The van der Waals surface area contributed by atoms with Crippen molar-refractivity contribution < 1.29 is 19.2 Å². The molecule has 2 heterocycles. The summed E-state index contributed by atoms with van der Waals surface area (Å²) < 4.78 is 0. The van der Waals surface area contributed by atoms with Crippen LogP contribution in [0.3, 0.4) is 0 Å². The lowest BCUT2D eigenvalue weighted by Crippen LogP contribution is -2.49. The summed E-state index contributed by atoms with van der Waals surface area (Å²) in [6.07, 6.45) is 9.60. The Morgan fingerprint density at radius 3 is 1.26 bits per heavy atom. The van der Waals surface area contributed by atoms with Crippen molar-refractivity contribution in [3.63, 3.8) is 0 Å². The average molecular weight is 459 g/mol. The van der Waals surface area contributed by atoms with Gasteiger partial charge in [0.15, 0.2) is 0 Å². The number of imide groups is 2. The lowest BCUT2D eigenvalue weighted by atomic mass is 9.82. The molecular formula is C28H30N2O4. The SMILES string of the molecule is CC1CCC(N2C(=O)c3ccc4c5c(ccc(c35)C2=O)C(=O)N(C2CCCCCC2)C4=O)CC1. The Bertz CT molecular complexity index is 1160. The van der Waals surface area contributed by atoms with Crippen molar-refractivity contribution in [2.45, 2.75) is 83.2 Å². The van der Waals surface area contributed by atoms with Gasteiger partial charge in [0.05, 0.1) is 0 Å². The van der Waals surface area contributed by atoms with Crippen molar-refractivity contribution in [1.82, 2.24) is 9.80 Å². The fraction of sp³-hybridized carbons (Fsp3) is 0.500. The van der Waals surface area contributed by atoms with Crippen molar-refractivity contribution in [3.05, 3.63) is 46.5 Å². The molecular weight excluding hydrogens is 428 g/mol. The van der Waals surface area contributed by atoms with Crippen LogP contribution in [-0.2, 0) is 0 Å². The molecule has 0 N–H and O–H groups in total. The van der Waals surface area contributed by atoms with Gasteiger partial charge in [0.25, 0.3) is 23.6 Å². The van der Waals surface area contributed by atoms with Crippen LogP contribution in [0.5, 0.6) is 0 Å². The van der Waals surface area contributed by atoms with Crippen LogP contribution in [-0.4, -0.2) is 45.5 Å². The molecule has 2 aromatic carbocycles. The number of hydrogen-bond acceptors (Lipinski definition) is 4. The van der Waals surface area contributed by atoms with Crippen molar-refractivity contribution >= 4 is 34.4 Å². The van der Waals surface area contributed by atoms with E-state index in [4.69, 9.17) is 0 Å². The van der Waals surface area contributed by atoms with Crippen molar-refractivity contribution in [2.24, 2.45) is 5.92 Å². The second kappa shape index (κ2) is 8.03. The van der Waals surface area contributed by atoms with Gasteiger partial charge in [-0.05, 0) is 68.7 Å². The number of hydrogen-bond donors (Lipinski definition) is 0. The molecule has 6 rings (SSSR count). The first-order valence-corrected chi connectivity index (χ1v) is 12.8. The molecule has 2 aliphatic carbocycles. The lowest BCUT2D eigenvalue weighted by molar-refractivity contribution is 0.0477. The molecule has 4 amide bonds. The summed E-state index contributed by atoms with van der Waals surface area (Å²) in [4.78, 5) is 57.2. The summed E-state index contributed by atoms with van der Waals surface area (Å²) >= 11 is 0. The van der Waals surface area contributed by atoms with Gasteiger partial charge < -0.3 is 0 Å². The molecule has 2 saturated carbocycles. The Balaban J connectivity index is 1.45. The Kier molecular flexibility index (Phi) is 5.08. The Morgan fingerprint density at radius 2 is 0.882 bits per heavy atom. The Labute approximate surface area is 199 Å². The van der Waals surface area contributed by atoms with Crippen LogP contribution in [0.25, 0.3) is 10.8 Å². The topological polar surface area (TPSA) is 74.8 Å². The number of carbonyl (C=O) groups excluding carboxylic acids is 4. The van der Waals surface area contributed by atoms with E-state index in [0.717, 1.165) is 64.2 Å². The monoisotopic (exact) mass is 458 g/mol. The van der Waals surface area contributed by atoms with Gasteiger partial charge in [0.2, 0.25) is 0 Å². The Hall–Kier alpha value is -3.02. The maximum Gasteiger partial charge on any atom is 0.261 e. The number of carbonyl (C=O) groups is 4. The molecule has 2 aromatic rings. The van der Waals surface area contributed by atoms with Gasteiger partial charge in [-0.25, -0.2) is 0 Å². The summed E-state index contributed by atoms with van der Waals surface area (Å²) in [5.41, 5.74) is 1.72. The zero-order valence-electron chi connectivity index (χ0n) is 19.6. The Morgan fingerprint density at radius 1 is 0.529 bits per heavy atom. The van der Waals surface area contributed by atoms with Crippen molar-refractivity contribution in [2.75, 3.05) is 0 Å². The van der Waals surface area contributed by atoms with Gasteiger partial charge in [-0.3, -0.25) is 29.0 Å². The molecule has 0 aromatic heterocycles. The molecule has 34 heavy (non-hydrogen) atoms. The highest BCUT2D eigenvalue weighted by atomic mass is 16.2. The molecule has 0 spiro atoms. The van der Waals surface area contributed by atoms with Crippen LogP contribution < -0.4 is 0 Å². The maximum absolute atomic E-state index is 13.6. The minimum atomic E-state index is -0.299. The van der Waals surface area contributed by atoms with Crippen LogP contribution in [0.4, 0.5) is 0 Å². The summed E-state index contributed by atoms with van der Waals surface area (Å²) in [6.45, 7) is 2.21. The van der Waals surface area contributed by atoms with E-state index in [0.29, 0.717) is 38.9 Å². The number of amides is 4. The van der Waals surface area contributed by atoms with Gasteiger partial charge in [-0.2, -0.15) is 0 Å². The highest BCUT2D eigenvalue weighted by molar-refractivity contribution is 6.33. The van der Waals surface area contributed by atoms with E-state index in [-0.39, 0.29) is 35.7 Å². The van der Waals surface area contributed by atoms with E-state index >= 15 is 0 Å². The van der Waals surface area contributed by atoms with E-state index in [9.17, 15) is 19.2 Å². The highest BCUT2D eigenvalue weighted by Crippen LogP contribution is 2.41. The third kappa shape index (κ3) is 3.07. The van der Waals surface area contributed by atoms with Gasteiger partial charge in [0.1, 0.15) is 0 Å². The second-order valence-corrected chi connectivity index (χ2v) is 10.6. The molecule has 4 aliphatic rings. The highest BCUT2D eigenvalue weighted by Gasteiger charge is 2.43. The van der Waals surface area contributed by atoms with E-state index in [2.05, 4.69) is 6.92 Å². The first kappa shape index (κ1) is 21.5. The number of rotatable bonds is 2. The van der Waals surface area contributed by atoms with Gasteiger partial charge in [-0.1, -0.05) is 32.6 Å². The normalized spacial score (nSPS) is 25.8. The minimum absolute atomic E-state index is 0.0922. The molecule has 0 unspecified atom stereocenters. The van der Waals surface area contributed by atoms with E-state index in [1.54, 1.807) is 24.3 Å². The lowest BCUT2D eigenvalue weighted by Gasteiger charge is -2.38. The van der Waals surface area contributed by atoms with Crippen LogP contribution in [0.1, 0.15) is 113 Å². The fourth-order valence-corrected chi connectivity index (χ4v) is 6.59. The van der Waals surface area contributed by atoms with Crippen molar-refractivity contribution in [1.29, 1.82) is 0 Å². The summed E-state index contributed by atoms with van der Waals surface area (Å²) in [5, 5.41) is 0.959. The van der Waals surface area contributed by atoms with E-state index in [1.807, 2.05) is 0 Å². The zero-order valence-corrected chi connectivity index (χ0v) is 19.6. The molecule has 2 aliphatic heterocycles. The predicted molar refractivity (Wildman–Crippen MR) is 128 cm³/mol. The molecule has 0 saturated heterocycles. The largest absolute Gasteiger partial charge is 0.271 e. The first-order valence-electron chi connectivity index (χ1n) is 12.8. The van der Waals surface area contributed by atoms with Crippen LogP contribution in [0.15, 0.2) is 24.3 Å². The molecule has 0 bridgehead atoms. The van der Waals surface area contributed by atoms with Gasteiger partial charge >= 0.3 is 0 Å². The first-order chi connectivity index (χ1) is 16.5. The van der Waals surface area contributed by atoms with Crippen LogP contribution >= 0.6 is 0 Å². The smallest absolute Gasteiger partial charge is 0.261 e. The molecule has 0 radical (unpaired) electrons. The third-order valence-corrected chi connectivity index (χ3v) is 8.50. The number of benzene rings is 2. The molecule has 6 heteroatoms. The summed E-state index contributed by atoms with van der Waals surface area (Å²) in [6, 6.07) is 6.58. The minimum Gasteiger partial charge on any atom is -0.271 e. The predicted octanol–water partition coefficient (Wildman–Crippen LogP) is 5.33. The van der Waals surface area contributed by atoms with Gasteiger partial charge in [0, 0.05) is 45.1 Å². The third-order valence-electron chi connectivity index (χ3n) is 8.50. The molecule has 176 valence electrons. The molecule has 6 nitrogen and oxygen atoms in total. The fourth-order valence-electron chi connectivity index (χ4n) is 6.59. The van der Waals surface area contributed by atoms with Crippen molar-refractivity contribution in [3.8, 4) is 0 Å². The van der Waals surface area contributed by atoms with Crippen LogP contribution in [0, 0.1) is 5.92 Å². The summed E-state index contributed by atoms with van der Waals surface area (Å²) in [5.74, 6) is -0.578. The van der Waals surface area contributed by atoms with E-state index in [1.165, 1.54) is 9.80 Å². The standard InChI is InChI=1S/C28H30N2O4/c1-16-8-10-18(11-9-16)30-27(33)21-14-12-19-23-20(13-15-22(24(21)23)28(30)34)26(32)29(25(19)31)17-6-4-2-3-5-7-17/h12-18H,2-11H2,1H3. The van der Waals surface area contributed by atoms with Crippen LogP contribution in [0.2, 0.25) is 0 Å². The molecule has 2 fully saturated rings. The number of nitrogens with zero attached hydrogens (tertiary/aromatic N) is 2. The van der Waals surface area contributed by atoms with Gasteiger partial charge in [-0.15, -0.1) is 0 Å². The second-order valence-electron chi connectivity index (χ2n) is 10.6.